The van der Waals surface area contributed by atoms with Gasteiger partial charge in [-0.15, -0.1) is 11.3 Å². The largest absolute Gasteiger partial charge is 0.353 e. The third-order valence-electron chi connectivity index (χ3n) is 3.96. The first kappa shape index (κ1) is 14.5. The monoisotopic (exact) mass is 318 g/mol. The molecule has 0 aliphatic heterocycles. The van der Waals surface area contributed by atoms with Crippen LogP contribution in [0, 0.1) is 10.9 Å². The molecule has 1 amide bonds. The summed E-state index contributed by atoms with van der Waals surface area (Å²) < 4.78 is 0.738. The van der Waals surface area contributed by atoms with E-state index < -0.39 is 0 Å². The Balaban J connectivity index is 1.61. The summed E-state index contributed by atoms with van der Waals surface area (Å²) in [5, 5.41) is 3.16. The number of carbonyl (C=O) groups is 1. The lowest BCUT2D eigenvalue weighted by atomic mass is 9.88. The summed E-state index contributed by atoms with van der Waals surface area (Å²) in [6.07, 6.45) is 3.42. The Bertz CT molecular complexity index is 717. The van der Waals surface area contributed by atoms with Crippen LogP contribution in [0.25, 0.3) is 0 Å². The Kier molecular flexibility index (Phi) is 4.22. The van der Waals surface area contributed by atoms with Crippen molar-refractivity contribution in [3.8, 4) is 0 Å². The maximum Gasteiger partial charge on any atom is 0.225 e. The van der Waals surface area contributed by atoms with Crippen molar-refractivity contribution in [1.82, 2.24) is 10.3 Å². The van der Waals surface area contributed by atoms with Gasteiger partial charge in [-0.2, -0.15) is 0 Å². The molecule has 1 aromatic carbocycles. The number of carbonyl (C=O) groups excluding carboxylic acids is 1. The molecule has 1 aromatic heterocycles. The molecule has 1 aliphatic rings. The molecule has 5 heteroatoms. The Labute approximate surface area is 133 Å². The number of aromatic amines is 1. The Morgan fingerprint density at radius 3 is 2.90 bits per heavy atom. The van der Waals surface area contributed by atoms with Crippen molar-refractivity contribution in [2.45, 2.75) is 38.6 Å². The fraction of sp³-hybridized carbons (Fsp3) is 0.375. The number of hydrogen-bond acceptors (Lipinski definition) is 3. The third-order valence-corrected chi connectivity index (χ3v) is 5.29. The van der Waals surface area contributed by atoms with Crippen molar-refractivity contribution in [1.29, 1.82) is 0 Å². The van der Waals surface area contributed by atoms with Gasteiger partial charge in [-0.05, 0) is 49.5 Å². The molecule has 0 radical (unpaired) electrons. The van der Waals surface area contributed by atoms with Crippen molar-refractivity contribution in [2.75, 3.05) is 0 Å². The molecule has 0 saturated heterocycles. The number of thiazole rings is 1. The first-order valence-electron chi connectivity index (χ1n) is 7.16. The predicted octanol–water partition coefficient (Wildman–Crippen LogP) is 3.33. The fourth-order valence-electron chi connectivity index (χ4n) is 2.85. The summed E-state index contributed by atoms with van der Waals surface area (Å²) in [7, 11) is 0. The van der Waals surface area contributed by atoms with E-state index in [1.54, 1.807) is 0 Å². The van der Waals surface area contributed by atoms with Gasteiger partial charge in [0.05, 0.1) is 6.42 Å². The Hall–Kier alpha value is -1.46. The second-order valence-corrected chi connectivity index (χ2v) is 7.29. The number of amides is 1. The molecule has 0 spiro atoms. The average molecular weight is 318 g/mol. The highest BCUT2D eigenvalue weighted by molar-refractivity contribution is 7.73. The normalized spacial score (nSPS) is 17.3. The molecule has 21 heavy (non-hydrogen) atoms. The Morgan fingerprint density at radius 1 is 1.43 bits per heavy atom. The van der Waals surface area contributed by atoms with Crippen molar-refractivity contribution >= 4 is 29.5 Å². The van der Waals surface area contributed by atoms with Gasteiger partial charge in [-0.1, -0.05) is 24.3 Å². The lowest BCUT2D eigenvalue weighted by Gasteiger charge is -2.25. The van der Waals surface area contributed by atoms with E-state index in [1.165, 1.54) is 22.5 Å². The van der Waals surface area contributed by atoms with Gasteiger partial charge in [0, 0.05) is 16.6 Å². The molecule has 1 aliphatic carbocycles. The van der Waals surface area contributed by atoms with Gasteiger partial charge in [-0.25, -0.2) is 0 Å². The fourth-order valence-corrected chi connectivity index (χ4v) is 4.14. The van der Waals surface area contributed by atoms with Gasteiger partial charge in [0.25, 0.3) is 0 Å². The molecule has 3 nitrogen and oxygen atoms in total. The number of rotatable bonds is 3. The minimum absolute atomic E-state index is 0.0905. The molecule has 2 N–H and O–H groups in total. The summed E-state index contributed by atoms with van der Waals surface area (Å²) in [4.78, 5) is 16.3. The third kappa shape index (κ3) is 3.41. The van der Waals surface area contributed by atoms with Gasteiger partial charge in [0.2, 0.25) is 5.91 Å². The van der Waals surface area contributed by atoms with Crippen LogP contribution in [-0.4, -0.2) is 16.9 Å². The van der Waals surface area contributed by atoms with Gasteiger partial charge in [0.1, 0.15) is 0 Å². The van der Waals surface area contributed by atoms with E-state index in [0.29, 0.717) is 6.42 Å². The summed E-state index contributed by atoms with van der Waals surface area (Å²) in [6, 6.07) is 8.75. The molecule has 2 aromatic rings. The predicted molar refractivity (Wildman–Crippen MR) is 88.3 cm³/mol. The second-order valence-electron chi connectivity index (χ2n) is 5.52. The van der Waals surface area contributed by atoms with Crippen LogP contribution >= 0.6 is 23.6 Å². The molecule has 110 valence electrons. The molecule has 1 heterocycles. The van der Waals surface area contributed by atoms with E-state index in [-0.39, 0.29) is 11.9 Å². The minimum Gasteiger partial charge on any atom is -0.353 e. The molecule has 0 bridgehead atoms. The minimum atomic E-state index is 0.0905. The summed E-state index contributed by atoms with van der Waals surface area (Å²) >= 11 is 6.60. The molecule has 0 saturated carbocycles. The topological polar surface area (TPSA) is 44.9 Å². The number of hydrogen-bond donors (Lipinski definition) is 2. The Morgan fingerprint density at radius 2 is 2.19 bits per heavy atom. The highest BCUT2D eigenvalue weighted by atomic mass is 32.1. The van der Waals surface area contributed by atoms with Gasteiger partial charge in [-0.3, -0.25) is 4.79 Å². The van der Waals surface area contributed by atoms with Gasteiger partial charge < -0.3 is 10.3 Å². The van der Waals surface area contributed by atoms with Crippen LogP contribution < -0.4 is 5.32 Å². The van der Waals surface area contributed by atoms with Gasteiger partial charge in [0.15, 0.2) is 3.95 Å². The SMILES string of the molecule is Cc1[nH]c(=S)sc1CC(=O)NC1CCc2ccccc2C1. The molecule has 3 rings (SSSR count). The van der Waals surface area contributed by atoms with Crippen LogP contribution in [0.2, 0.25) is 0 Å². The van der Waals surface area contributed by atoms with E-state index >= 15 is 0 Å². The van der Waals surface area contributed by atoms with Crippen LogP contribution in [0.4, 0.5) is 0 Å². The average Bonchev–Trinajstić information content (AvgIpc) is 2.76. The highest BCUT2D eigenvalue weighted by Crippen LogP contribution is 2.21. The van der Waals surface area contributed by atoms with E-state index in [4.69, 9.17) is 12.2 Å². The van der Waals surface area contributed by atoms with Crippen molar-refractivity contribution in [3.63, 3.8) is 0 Å². The number of benzene rings is 1. The molecular formula is C16H18N2OS2. The zero-order chi connectivity index (χ0) is 14.8. The zero-order valence-electron chi connectivity index (χ0n) is 11.9. The van der Waals surface area contributed by atoms with Crippen molar-refractivity contribution in [2.24, 2.45) is 0 Å². The van der Waals surface area contributed by atoms with Crippen LogP contribution in [0.1, 0.15) is 28.1 Å². The summed E-state index contributed by atoms with van der Waals surface area (Å²) in [5.74, 6) is 0.0905. The quantitative estimate of drug-likeness (QED) is 0.853. The maximum atomic E-state index is 12.2. The number of aryl methyl sites for hydroxylation is 2. The van der Waals surface area contributed by atoms with Crippen LogP contribution in [0.15, 0.2) is 24.3 Å². The van der Waals surface area contributed by atoms with Crippen LogP contribution in [-0.2, 0) is 24.1 Å². The second kappa shape index (κ2) is 6.12. The van der Waals surface area contributed by atoms with Crippen LogP contribution in [0.5, 0.6) is 0 Å². The van der Waals surface area contributed by atoms with E-state index in [9.17, 15) is 4.79 Å². The van der Waals surface area contributed by atoms with E-state index in [1.807, 2.05) is 6.92 Å². The molecule has 1 atom stereocenters. The highest BCUT2D eigenvalue weighted by Gasteiger charge is 2.20. The number of nitrogens with one attached hydrogen (secondary N) is 2. The first-order valence-corrected chi connectivity index (χ1v) is 8.39. The van der Waals surface area contributed by atoms with Gasteiger partial charge >= 0.3 is 0 Å². The number of fused-ring (bicyclic) bond motifs is 1. The lowest BCUT2D eigenvalue weighted by Crippen LogP contribution is -2.39. The summed E-state index contributed by atoms with van der Waals surface area (Å²) in [5.41, 5.74) is 3.79. The van der Waals surface area contributed by atoms with E-state index in [2.05, 4.69) is 34.6 Å². The number of H-pyrrole nitrogens is 1. The maximum absolute atomic E-state index is 12.2. The van der Waals surface area contributed by atoms with Crippen molar-refractivity contribution < 1.29 is 4.79 Å². The molecule has 0 fully saturated rings. The lowest BCUT2D eigenvalue weighted by molar-refractivity contribution is -0.121. The number of aromatic nitrogens is 1. The smallest absolute Gasteiger partial charge is 0.225 e. The molecule has 1 unspecified atom stereocenters. The summed E-state index contributed by atoms with van der Waals surface area (Å²) in [6.45, 7) is 1.96. The molecular weight excluding hydrogens is 300 g/mol. The van der Waals surface area contributed by atoms with Crippen molar-refractivity contribution in [3.05, 3.63) is 49.9 Å². The van der Waals surface area contributed by atoms with E-state index in [0.717, 1.165) is 33.8 Å². The standard InChI is InChI=1S/C16H18N2OS2/c1-10-14(21-16(20)17-10)9-15(19)18-13-7-6-11-4-2-3-5-12(11)8-13/h2-5,13H,6-9H2,1H3,(H,17,20)(H,18,19). The first-order chi connectivity index (χ1) is 10.1. The zero-order valence-corrected chi connectivity index (χ0v) is 13.6. The van der Waals surface area contributed by atoms with Crippen LogP contribution in [0.3, 0.4) is 0 Å².